The van der Waals surface area contributed by atoms with Gasteiger partial charge in [-0.15, -0.1) is 0 Å². The molecule has 0 unspecified atom stereocenters. The van der Waals surface area contributed by atoms with Crippen molar-refractivity contribution in [2.75, 3.05) is 0 Å². The minimum atomic E-state index is -0.132. The topological polar surface area (TPSA) is 17.1 Å². The van der Waals surface area contributed by atoms with Gasteiger partial charge in [0.05, 0.1) is 6.33 Å². The van der Waals surface area contributed by atoms with Gasteiger partial charge in [0, 0.05) is 12.0 Å². The van der Waals surface area contributed by atoms with E-state index in [1.165, 1.54) is 6.92 Å². The quantitative estimate of drug-likeness (QED) is 0.503. The van der Waals surface area contributed by atoms with Gasteiger partial charge in [-0.05, 0) is 6.92 Å². The Labute approximate surface area is 48.2 Å². The molecular formula is C6H9FO. The van der Waals surface area contributed by atoms with Gasteiger partial charge in [0.25, 0.3) is 0 Å². The molecule has 0 N–H and O–H groups in total. The summed E-state index contributed by atoms with van der Waals surface area (Å²) in [7, 11) is 0. The molecule has 0 heterocycles. The zero-order chi connectivity index (χ0) is 6.57. The van der Waals surface area contributed by atoms with Crippen molar-refractivity contribution in [2.45, 2.75) is 20.3 Å². The van der Waals surface area contributed by atoms with Crippen molar-refractivity contribution in [2.24, 2.45) is 0 Å². The van der Waals surface area contributed by atoms with Crippen LogP contribution in [0, 0.1) is 0 Å². The molecular weight excluding hydrogens is 107 g/mol. The number of ketones is 1. The Hall–Kier alpha value is -0.660. The number of rotatable bonds is 2. The van der Waals surface area contributed by atoms with Crippen molar-refractivity contribution in [3.63, 3.8) is 0 Å². The Morgan fingerprint density at radius 3 is 2.38 bits per heavy atom. The molecule has 0 spiro atoms. The lowest BCUT2D eigenvalue weighted by atomic mass is 10.2. The summed E-state index contributed by atoms with van der Waals surface area (Å²) in [6, 6.07) is 0. The summed E-state index contributed by atoms with van der Waals surface area (Å²) in [5.74, 6) is -0.132. The van der Waals surface area contributed by atoms with E-state index in [0.717, 1.165) is 0 Å². The lowest BCUT2D eigenvalue weighted by Gasteiger charge is -1.89. The molecule has 0 radical (unpaired) electrons. The summed E-state index contributed by atoms with van der Waals surface area (Å²) in [5, 5.41) is 0. The number of allylic oxidation sites excluding steroid dienone is 1. The second-order valence-electron chi connectivity index (χ2n) is 1.57. The van der Waals surface area contributed by atoms with E-state index >= 15 is 0 Å². The van der Waals surface area contributed by atoms with E-state index in [9.17, 15) is 9.18 Å². The van der Waals surface area contributed by atoms with Gasteiger partial charge in [-0.2, -0.15) is 0 Å². The van der Waals surface area contributed by atoms with Crippen LogP contribution in [0.3, 0.4) is 0 Å². The van der Waals surface area contributed by atoms with E-state index in [0.29, 0.717) is 12.8 Å². The van der Waals surface area contributed by atoms with Gasteiger partial charge < -0.3 is 0 Å². The lowest BCUT2D eigenvalue weighted by molar-refractivity contribution is -0.115. The maximum atomic E-state index is 11.4. The molecule has 2 heteroatoms. The molecule has 0 fully saturated rings. The Morgan fingerprint density at radius 1 is 1.75 bits per heavy atom. The van der Waals surface area contributed by atoms with Crippen molar-refractivity contribution < 1.29 is 9.18 Å². The maximum Gasteiger partial charge on any atom is 0.160 e. The fourth-order valence-electron chi connectivity index (χ4n) is 0.340. The molecule has 0 aliphatic carbocycles. The van der Waals surface area contributed by atoms with Crippen LogP contribution in [0.5, 0.6) is 0 Å². The van der Waals surface area contributed by atoms with Gasteiger partial charge in [-0.25, -0.2) is 4.39 Å². The number of halogens is 1. The molecule has 1 nitrogen and oxygen atoms in total. The molecule has 0 saturated heterocycles. The molecule has 0 atom stereocenters. The number of hydrogen-bond donors (Lipinski definition) is 0. The number of Topliss-reactive ketones (excluding diaryl/α,β-unsaturated/α-hetero) is 1. The summed E-state index contributed by atoms with van der Waals surface area (Å²) in [4.78, 5) is 10.4. The van der Waals surface area contributed by atoms with Crippen molar-refractivity contribution in [1.82, 2.24) is 0 Å². The summed E-state index contributed by atoms with van der Waals surface area (Å²) in [6.45, 7) is 3.17. The Kier molecular flexibility index (Phi) is 3.08. The van der Waals surface area contributed by atoms with Crippen LogP contribution in [0.4, 0.5) is 4.39 Å². The first-order valence-corrected chi connectivity index (χ1v) is 2.52. The van der Waals surface area contributed by atoms with Gasteiger partial charge in [0.15, 0.2) is 5.78 Å². The number of carbonyl (C=O) groups excluding carboxylic acids is 1. The third-order valence-electron chi connectivity index (χ3n) is 0.925. The maximum absolute atomic E-state index is 11.4. The largest absolute Gasteiger partial charge is 0.294 e. The average molecular weight is 116 g/mol. The van der Waals surface area contributed by atoms with Crippen LogP contribution in [-0.4, -0.2) is 5.78 Å². The Balaban J connectivity index is 3.83. The highest BCUT2D eigenvalue weighted by Gasteiger charge is 1.97. The van der Waals surface area contributed by atoms with Crippen molar-refractivity contribution >= 4 is 5.78 Å². The lowest BCUT2D eigenvalue weighted by Crippen LogP contribution is -1.94. The summed E-state index contributed by atoms with van der Waals surface area (Å²) in [6.07, 6.45) is 0.720. The number of carbonyl (C=O) groups is 1. The molecule has 0 aliphatic rings. The first-order chi connectivity index (χ1) is 3.72. The second-order valence-corrected chi connectivity index (χ2v) is 1.57. The molecule has 0 saturated carbocycles. The first kappa shape index (κ1) is 7.34. The molecule has 0 aromatic heterocycles. The standard InChI is InChI=1S/C6H9FO/c1-3-6(8)5(2)4-7/h4H,3H2,1-2H3/b5-4-. The van der Waals surface area contributed by atoms with E-state index in [1.54, 1.807) is 6.92 Å². The van der Waals surface area contributed by atoms with Crippen LogP contribution in [0.1, 0.15) is 20.3 Å². The molecule has 0 amide bonds. The average Bonchev–Trinajstić information content (AvgIpc) is 1.84. The second kappa shape index (κ2) is 3.36. The van der Waals surface area contributed by atoms with Gasteiger partial charge in [-0.3, -0.25) is 4.79 Å². The zero-order valence-corrected chi connectivity index (χ0v) is 5.07. The van der Waals surface area contributed by atoms with E-state index < -0.39 is 0 Å². The molecule has 8 heavy (non-hydrogen) atoms. The van der Waals surface area contributed by atoms with Crippen LogP contribution < -0.4 is 0 Å². The molecule has 0 bridgehead atoms. The summed E-state index contributed by atoms with van der Waals surface area (Å²) >= 11 is 0. The van der Waals surface area contributed by atoms with Gasteiger partial charge in [-0.1, -0.05) is 6.92 Å². The molecule has 0 rings (SSSR count). The van der Waals surface area contributed by atoms with Gasteiger partial charge >= 0.3 is 0 Å². The van der Waals surface area contributed by atoms with E-state index in [1.807, 2.05) is 0 Å². The molecule has 0 aliphatic heterocycles. The van der Waals surface area contributed by atoms with Crippen LogP contribution in [-0.2, 0) is 4.79 Å². The zero-order valence-electron chi connectivity index (χ0n) is 5.07. The van der Waals surface area contributed by atoms with E-state index in [-0.39, 0.29) is 11.4 Å². The normalized spacial score (nSPS) is 11.6. The molecule has 0 aromatic carbocycles. The summed E-state index contributed by atoms with van der Waals surface area (Å²) in [5.41, 5.74) is 0.201. The minimum Gasteiger partial charge on any atom is -0.294 e. The fraction of sp³-hybridized carbons (Fsp3) is 0.500. The molecule has 46 valence electrons. The highest BCUT2D eigenvalue weighted by atomic mass is 19.1. The predicted octanol–water partition coefficient (Wildman–Crippen LogP) is 1.84. The Bertz CT molecular complexity index is 116. The smallest absolute Gasteiger partial charge is 0.160 e. The highest BCUT2D eigenvalue weighted by molar-refractivity contribution is 5.94. The van der Waals surface area contributed by atoms with Crippen molar-refractivity contribution in [3.05, 3.63) is 11.9 Å². The van der Waals surface area contributed by atoms with Crippen molar-refractivity contribution in [1.29, 1.82) is 0 Å². The van der Waals surface area contributed by atoms with E-state index in [4.69, 9.17) is 0 Å². The predicted molar refractivity (Wildman–Crippen MR) is 30.2 cm³/mol. The Morgan fingerprint density at radius 2 is 2.25 bits per heavy atom. The van der Waals surface area contributed by atoms with Crippen LogP contribution in [0.15, 0.2) is 11.9 Å². The van der Waals surface area contributed by atoms with Gasteiger partial charge in [0.1, 0.15) is 0 Å². The van der Waals surface area contributed by atoms with Crippen LogP contribution >= 0.6 is 0 Å². The van der Waals surface area contributed by atoms with Crippen LogP contribution in [0.25, 0.3) is 0 Å². The third kappa shape index (κ3) is 1.87. The summed E-state index contributed by atoms with van der Waals surface area (Å²) < 4.78 is 11.4. The van der Waals surface area contributed by atoms with Gasteiger partial charge in [0.2, 0.25) is 0 Å². The molecule has 0 aromatic rings. The third-order valence-corrected chi connectivity index (χ3v) is 0.925. The van der Waals surface area contributed by atoms with E-state index in [2.05, 4.69) is 0 Å². The number of hydrogen-bond acceptors (Lipinski definition) is 1. The monoisotopic (exact) mass is 116 g/mol. The first-order valence-electron chi connectivity index (χ1n) is 2.52. The van der Waals surface area contributed by atoms with Crippen LogP contribution in [0.2, 0.25) is 0 Å². The fourth-order valence-corrected chi connectivity index (χ4v) is 0.340. The minimum absolute atomic E-state index is 0.132. The highest BCUT2D eigenvalue weighted by Crippen LogP contribution is 1.97. The van der Waals surface area contributed by atoms with Crippen molar-refractivity contribution in [3.8, 4) is 0 Å². The SMILES string of the molecule is CCC(=O)/C(C)=C\F.